The van der Waals surface area contributed by atoms with Gasteiger partial charge in [0.25, 0.3) is 0 Å². The molecule has 0 atom stereocenters. The molecular weight excluding hydrogens is 306 g/mol. The van der Waals surface area contributed by atoms with Crippen molar-refractivity contribution in [3.05, 3.63) is 12.2 Å². The van der Waals surface area contributed by atoms with Crippen molar-refractivity contribution in [1.82, 2.24) is 25.0 Å². The summed E-state index contributed by atoms with van der Waals surface area (Å²) in [5.41, 5.74) is 0. The number of piperidine rings is 1. The standard InChI is InChI=1S/C17H29N5O2/c1-2-24-17(23)21-10-8-14(9-11-21)18-12-16-20-19-13-22(16)15-6-4-3-5-7-15/h13-15,18H,2-12H2,1H3. The van der Waals surface area contributed by atoms with Gasteiger partial charge in [-0.25, -0.2) is 4.79 Å². The first-order valence-corrected chi connectivity index (χ1v) is 9.31. The molecule has 1 amide bonds. The Kier molecular flexibility index (Phi) is 6.07. The van der Waals surface area contributed by atoms with Gasteiger partial charge < -0.3 is 19.5 Å². The molecule has 1 aliphatic carbocycles. The smallest absolute Gasteiger partial charge is 0.409 e. The molecule has 1 saturated carbocycles. The van der Waals surface area contributed by atoms with Gasteiger partial charge in [0.05, 0.1) is 13.2 Å². The lowest BCUT2D eigenvalue weighted by Gasteiger charge is -2.32. The first-order chi connectivity index (χ1) is 11.8. The van der Waals surface area contributed by atoms with Gasteiger partial charge in [0, 0.05) is 25.2 Å². The topological polar surface area (TPSA) is 72.3 Å². The zero-order valence-electron chi connectivity index (χ0n) is 14.6. The summed E-state index contributed by atoms with van der Waals surface area (Å²) in [4.78, 5) is 13.5. The lowest BCUT2D eigenvalue weighted by atomic mass is 9.95. The Morgan fingerprint density at radius 2 is 2.00 bits per heavy atom. The maximum absolute atomic E-state index is 11.7. The van der Waals surface area contributed by atoms with Gasteiger partial charge in [0.1, 0.15) is 12.2 Å². The molecule has 3 rings (SSSR count). The fourth-order valence-electron chi connectivity index (χ4n) is 3.77. The third kappa shape index (κ3) is 4.26. The van der Waals surface area contributed by atoms with Crippen molar-refractivity contribution < 1.29 is 9.53 Å². The molecule has 1 aromatic rings. The Labute approximate surface area is 143 Å². The van der Waals surface area contributed by atoms with Gasteiger partial charge in [-0.1, -0.05) is 19.3 Å². The van der Waals surface area contributed by atoms with E-state index in [2.05, 4.69) is 20.1 Å². The van der Waals surface area contributed by atoms with Gasteiger partial charge >= 0.3 is 6.09 Å². The van der Waals surface area contributed by atoms with E-state index in [1.807, 2.05) is 13.3 Å². The second kappa shape index (κ2) is 8.46. The van der Waals surface area contributed by atoms with E-state index in [1.165, 1.54) is 32.1 Å². The highest BCUT2D eigenvalue weighted by Crippen LogP contribution is 2.28. The summed E-state index contributed by atoms with van der Waals surface area (Å²) in [7, 11) is 0. The quantitative estimate of drug-likeness (QED) is 0.895. The van der Waals surface area contributed by atoms with Crippen molar-refractivity contribution in [3.8, 4) is 0 Å². The highest BCUT2D eigenvalue weighted by molar-refractivity contribution is 5.67. The van der Waals surface area contributed by atoms with Gasteiger partial charge in [0.2, 0.25) is 0 Å². The number of nitrogens with zero attached hydrogens (tertiary/aromatic N) is 4. The van der Waals surface area contributed by atoms with Gasteiger partial charge in [-0.05, 0) is 32.6 Å². The first-order valence-electron chi connectivity index (χ1n) is 9.31. The summed E-state index contributed by atoms with van der Waals surface area (Å²) in [5, 5.41) is 12.0. The molecule has 0 radical (unpaired) electrons. The Balaban J connectivity index is 1.46. The van der Waals surface area contributed by atoms with Crippen molar-refractivity contribution in [2.75, 3.05) is 19.7 Å². The van der Waals surface area contributed by atoms with Crippen molar-refractivity contribution in [1.29, 1.82) is 0 Å². The van der Waals surface area contributed by atoms with E-state index in [0.29, 0.717) is 18.7 Å². The molecule has 7 nitrogen and oxygen atoms in total. The second-order valence-electron chi connectivity index (χ2n) is 6.79. The van der Waals surface area contributed by atoms with Crippen molar-refractivity contribution >= 4 is 6.09 Å². The van der Waals surface area contributed by atoms with Gasteiger partial charge in [0.15, 0.2) is 0 Å². The monoisotopic (exact) mass is 335 g/mol. The molecule has 2 aliphatic rings. The average molecular weight is 335 g/mol. The molecule has 1 aliphatic heterocycles. The summed E-state index contributed by atoms with van der Waals surface area (Å²) < 4.78 is 7.33. The van der Waals surface area contributed by atoms with Crippen LogP contribution in [-0.4, -0.2) is 51.5 Å². The zero-order valence-corrected chi connectivity index (χ0v) is 14.6. The minimum absolute atomic E-state index is 0.187. The highest BCUT2D eigenvalue weighted by atomic mass is 16.6. The predicted molar refractivity (Wildman–Crippen MR) is 90.6 cm³/mol. The van der Waals surface area contributed by atoms with Crippen LogP contribution in [0.2, 0.25) is 0 Å². The minimum Gasteiger partial charge on any atom is -0.450 e. The van der Waals surface area contributed by atoms with Gasteiger partial charge in [-0.3, -0.25) is 0 Å². The molecule has 24 heavy (non-hydrogen) atoms. The van der Waals surface area contributed by atoms with Crippen molar-refractivity contribution in [3.63, 3.8) is 0 Å². The van der Waals surface area contributed by atoms with Crippen LogP contribution >= 0.6 is 0 Å². The number of aromatic nitrogens is 3. The van der Waals surface area contributed by atoms with Gasteiger partial charge in [-0.15, -0.1) is 10.2 Å². The summed E-state index contributed by atoms with van der Waals surface area (Å²) >= 11 is 0. The molecule has 0 spiro atoms. The average Bonchev–Trinajstić information content (AvgIpc) is 3.10. The third-order valence-electron chi connectivity index (χ3n) is 5.19. The number of amides is 1. The molecule has 0 bridgehead atoms. The zero-order chi connectivity index (χ0) is 16.8. The van der Waals surface area contributed by atoms with Crippen LogP contribution in [0.25, 0.3) is 0 Å². The summed E-state index contributed by atoms with van der Waals surface area (Å²) in [6.45, 7) is 4.54. The van der Waals surface area contributed by atoms with Crippen LogP contribution < -0.4 is 5.32 Å². The maximum atomic E-state index is 11.7. The van der Waals surface area contributed by atoms with Crippen LogP contribution in [0, 0.1) is 0 Å². The van der Waals surface area contributed by atoms with E-state index < -0.39 is 0 Å². The van der Waals surface area contributed by atoms with Crippen LogP contribution in [0.4, 0.5) is 4.79 Å². The molecule has 0 aromatic carbocycles. The normalized spacial score (nSPS) is 20.3. The van der Waals surface area contributed by atoms with Crippen LogP contribution in [0.5, 0.6) is 0 Å². The Hall–Kier alpha value is -1.63. The fourth-order valence-corrected chi connectivity index (χ4v) is 3.77. The minimum atomic E-state index is -0.187. The van der Waals surface area contributed by atoms with E-state index in [-0.39, 0.29) is 6.09 Å². The molecule has 2 fully saturated rings. The Bertz CT molecular complexity index is 519. The molecule has 1 aromatic heterocycles. The lowest BCUT2D eigenvalue weighted by Crippen LogP contribution is -2.45. The summed E-state index contributed by atoms with van der Waals surface area (Å²) in [6.07, 6.45) is 10.1. The Morgan fingerprint density at radius 1 is 1.25 bits per heavy atom. The number of likely N-dealkylation sites (tertiary alicyclic amines) is 1. The van der Waals surface area contributed by atoms with E-state index >= 15 is 0 Å². The van der Waals surface area contributed by atoms with Crippen LogP contribution in [0.3, 0.4) is 0 Å². The highest BCUT2D eigenvalue weighted by Gasteiger charge is 2.24. The molecular formula is C17H29N5O2. The number of hydrogen-bond donors (Lipinski definition) is 1. The van der Waals surface area contributed by atoms with Crippen LogP contribution in [0.1, 0.15) is 63.7 Å². The number of rotatable bonds is 5. The maximum Gasteiger partial charge on any atom is 0.409 e. The Morgan fingerprint density at radius 3 is 2.71 bits per heavy atom. The fraction of sp³-hybridized carbons (Fsp3) is 0.824. The van der Waals surface area contributed by atoms with E-state index in [1.54, 1.807) is 4.90 Å². The van der Waals surface area contributed by atoms with Crippen molar-refractivity contribution in [2.45, 2.75) is 70.5 Å². The number of carbonyl (C=O) groups is 1. The summed E-state index contributed by atoms with van der Waals surface area (Å²) in [6, 6.07) is 0.989. The van der Waals surface area contributed by atoms with E-state index in [9.17, 15) is 4.79 Å². The third-order valence-corrected chi connectivity index (χ3v) is 5.19. The summed E-state index contributed by atoms with van der Waals surface area (Å²) in [5.74, 6) is 1.04. The molecule has 2 heterocycles. The lowest BCUT2D eigenvalue weighted by molar-refractivity contribution is 0.0949. The van der Waals surface area contributed by atoms with Crippen LogP contribution in [0.15, 0.2) is 6.33 Å². The van der Waals surface area contributed by atoms with Gasteiger partial charge in [-0.2, -0.15) is 0 Å². The SMILES string of the molecule is CCOC(=O)N1CCC(NCc2nncn2C2CCCCC2)CC1. The molecule has 1 N–H and O–H groups in total. The number of carbonyl (C=O) groups excluding carboxylic acids is 1. The molecule has 7 heteroatoms. The number of ether oxygens (including phenoxy) is 1. The molecule has 134 valence electrons. The largest absolute Gasteiger partial charge is 0.450 e. The molecule has 0 unspecified atom stereocenters. The van der Waals surface area contributed by atoms with E-state index in [4.69, 9.17) is 4.74 Å². The first kappa shape index (κ1) is 17.2. The van der Waals surface area contributed by atoms with Crippen LogP contribution in [-0.2, 0) is 11.3 Å². The number of nitrogens with one attached hydrogen (secondary N) is 1. The molecule has 1 saturated heterocycles. The van der Waals surface area contributed by atoms with E-state index in [0.717, 1.165) is 38.3 Å². The van der Waals surface area contributed by atoms with Crippen molar-refractivity contribution in [2.24, 2.45) is 0 Å². The number of hydrogen-bond acceptors (Lipinski definition) is 5. The second-order valence-corrected chi connectivity index (χ2v) is 6.79. The predicted octanol–water partition coefficient (Wildman–Crippen LogP) is 2.49.